The van der Waals surface area contributed by atoms with Gasteiger partial charge in [-0.3, -0.25) is 0 Å². The predicted octanol–water partition coefficient (Wildman–Crippen LogP) is 0.951. The third-order valence-electron chi connectivity index (χ3n) is 3.12. The molecule has 0 atom stereocenters. The van der Waals surface area contributed by atoms with E-state index in [2.05, 4.69) is 54.1 Å². The maximum atomic E-state index is 5.52. The molecule has 0 saturated heterocycles. The second-order valence-electron chi connectivity index (χ2n) is 4.72. The van der Waals surface area contributed by atoms with Crippen LogP contribution in [0.15, 0.2) is 53.5 Å². The van der Waals surface area contributed by atoms with Gasteiger partial charge in [-0.1, -0.05) is 23.5 Å². The van der Waals surface area contributed by atoms with Crippen LogP contribution in [0.4, 0.5) is 0 Å². The van der Waals surface area contributed by atoms with Crippen molar-refractivity contribution in [3.05, 3.63) is 58.5 Å². The summed E-state index contributed by atoms with van der Waals surface area (Å²) in [5, 5.41) is 1.24. The maximum Gasteiger partial charge on any atom is 0.263 e. The molecule has 0 amide bonds. The highest BCUT2D eigenvalue weighted by Crippen LogP contribution is 2.24. The Morgan fingerprint density at radius 1 is 1.10 bits per heavy atom. The molecule has 0 saturated carbocycles. The van der Waals surface area contributed by atoms with E-state index in [1.54, 1.807) is 0 Å². The van der Waals surface area contributed by atoms with Crippen molar-refractivity contribution >= 4 is 27.6 Å². The van der Waals surface area contributed by atoms with Crippen LogP contribution in [0.1, 0.15) is 18.9 Å². The van der Waals surface area contributed by atoms with Crippen molar-refractivity contribution in [3.8, 4) is 0 Å². The monoisotopic (exact) mass is 397 g/mol. The Labute approximate surface area is 140 Å². The standard InChI is InChI=1S/C16H16NOS.HI/c1-11-8-13(9-12(2)18-11)10-16-17(3)14-6-4-5-7-15(14)19-16;/h4-10H,1-3H3;1H/q+1;/p-1. The van der Waals surface area contributed by atoms with Crippen LogP contribution in [0.3, 0.4) is 0 Å². The van der Waals surface area contributed by atoms with E-state index in [-0.39, 0.29) is 24.0 Å². The number of rotatable bonds is 1. The molecule has 1 aliphatic rings. The van der Waals surface area contributed by atoms with E-state index in [0.717, 1.165) is 11.5 Å². The minimum atomic E-state index is 0. The molecule has 0 unspecified atom stereocenters. The van der Waals surface area contributed by atoms with Gasteiger partial charge in [0.1, 0.15) is 23.3 Å². The summed E-state index contributed by atoms with van der Waals surface area (Å²) >= 11 is 1.81. The molecule has 0 bridgehead atoms. The van der Waals surface area contributed by atoms with Gasteiger partial charge in [-0.15, -0.1) is 0 Å². The Morgan fingerprint density at radius 2 is 1.75 bits per heavy atom. The average molecular weight is 397 g/mol. The van der Waals surface area contributed by atoms with E-state index in [1.807, 2.05) is 25.2 Å². The van der Waals surface area contributed by atoms with Gasteiger partial charge >= 0.3 is 0 Å². The number of halogens is 1. The minimum Gasteiger partial charge on any atom is -1.00 e. The molecule has 0 fully saturated rings. The van der Waals surface area contributed by atoms with E-state index < -0.39 is 0 Å². The molecule has 1 aromatic carbocycles. The first kappa shape index (κ1) is 15.3. The lowest BCUT2D eigenvalue weighted by atomic mass is 10.1. The first-order valence-electron chi connectivity index (χ1n) is 6.27. The number of hydrogen-bond donors (Lipinski definition) is 0. The van der Waals surface area contributed by atoms with Gasteiger partial charge in [-0.2, -0.15) is 4.57 Å². The molecule has 3 rings (SSSR count). The van der Waals surface area contributed by atoms with Gasteiger partial charge in [0, 0.05) is 12.1 Å². The molecule has 0 spiro atoms. The van der Waals surface area contributed by atoms with Crippen LogP contribution < -0.4 is 28.5 Å². The molecule has 2 aromatic rings. The molecular formula is C16H16INOS. The SMILES string of the molecule is CC1=CC(=Cc2sc3ccccc3[n+]2C)C=C(C)O1.[I-]. The molecule has 0 radical (unpaired) electrons. The molecule has 2 nitrogen and oxygen atoms in total. The van der Waals surface area contributed by atoms with Crippen LogP contribution in [-0.4, -0.2) is 0 Å². The van der Waals surface area contributed by atoms with Gasteiger partial charge in [0.2, 0.25) is 5.52 Å². The first-order valence-corrected chi connectivity index (χ1v) is 7.09. The Bertz CT molecular complexity index is 720. The number of thiazole rings is 1. The number of allylic oxidation sites excluding steroid dienone is 5. The molecular weight excluding hydrogens is 381 g/mol. The summed E-state index contributed by atoms with van der Waals surface area (Å²) in [5.74, 6) is 1.88. The molecule has 4 heteroatoms. The Kier molecular flexibility index (Phi) is 4.65. The lowest BCUT2D eigenvalue weighted by Crippen LogP contribution is -3.00. The van der Waals surface area contributed by atoms with Crippen LogP contribution in [0.25, 0.3) is 16.3 Å². The van der Waals surface area contributed by atoms with Gasteiger partial charge in [-0.25, -0.2) is 0 Å². The third kappa shape index (κ3) is 2.96. The maximum absolute atomic E-state index is 5.52. The average Bonchev–Trinajstić information content (AvgIpc) is 2.66. The molecule has 1 aliphatic heterocycles. The minimum absolute atomic E-state index is 0. The highest BCUT2D eigenvalue weighted by atomic mass is 127. The summed E-state index contributed by atoms with van der Waals surface area (Å²) in [6.45, 7) is 3.96. The highest BCUT2D eigenvalue weighted by molar-refractivity contribution is 7.18. The summed E-state index contributed by atoms with van der Waals surface area (Å²) in [7, 11) is 2.11. The van der Waals surface area contributed by atoms with Gasteiger partial charge < -0.3 is 28.7 Å². The quantitative estimate of drug-likeness (QED) is 0.516. The van der Waals surface area contributed by atoms with Crippen LogP contribution in [-0.2, 0) is 11.8 Å². The fraction of sp³-hybridized carbons (Fsp3) is 0.188. The number of fused-ring (bicyclic) bond motifs is 1. The number of para-hydroxylation sites is 1. The fourth-order valence-electron chi connectivity index (χ4n) is 2.30. The van der Waals surface area contributed by atoms with Crippen LogP contribution in [0.2, 0.25) is 0 Å². The number of nitrogens with zero attached hydrogens (tertiary/aromatic N) is 1. The molecule has 2 heterocycles. The van der Waals surface area contributed by atoms with E-state index >= 15 is 0 Å². The van der Waals surface area contributed by atoms with Crippen molar-refractivity contribution < 1.29 is 33.3 Å². The Morgan fingerprint density at radius 3 is 2.40 bits per heavy atom. The third-order valence-corrected chi connectivity index (χ3v) is 4.29. The van der Waals surface area contributed by atoms with E-state index in [9.17, 15) is 0 Å². The summed E-state index contributed by atoms with van der Waals surface area (Å²) < 4.78 is 9.06. The molecule has 1 aromatic heterocycles. The Hall–Kier alpha value is -1.14. The van der Waals surface area contributed by atoms with Gasteiger partial charge in [-0.05, 0) is 37.6 Å². The van der Waals surface area contributed by atoms with E-state index in [4.69, 9.17) is 4.74 Å². The number of benzene rings is 1. The molecule has 0 aliphatic carbocycles. The van der Waals surface area contributed by atoms with Crippen LogP contribution in [0.5, 0.6) is 0 Å². The van der Waals surface area contributed by atoms with Gasteiger partial charge in [0.25, 0.3) is 5.01 Å². The van der Waals surface area contributed by atoms with Crippen molar-refractivity contribution in [1.29, 1.82) is 0 Å². The smallest absolute Gasteiger partial charge is 0.263 e. The number of ether oxygens (including phenoxy) is 1. The lowest BCUT2D eigenvalue weighted by Gasteiger charge is -2.11. The number of hydrogen-bond acceptors (Lipinski definition) is 2. The predicted molar refractivity (Wildman–Crippen MR) is 79.6 cm³/mol. The van der Waals surface area contributed by atoms with Crippen molar-refractivity contribution in [2.45, 2.75) is 13.8 Å². The summed E-state index contributed by atoms with van der Waals surface area (Å²) in [4.78, 5) is 0. The van der Waals surface area contributed by atoms with Crippen molar-refractivity contribution in [3.63, 3.8) is 0 Å². The van der Waals surface area contributed by atoms with Crippen LogP contribution in [0, 0.1) is 0 Å². The zero-order chi connectivity index (χ0) is 13.4. The van der Waals surface area contributed by atoms with Gasteiger partial charge in [0.15, 0.2) is 0 Å². The normalized spacial score (nSPS) is 14.2. The zero-order valence-corrected chi connectivity index (χ0v) is 14.7. The van der Waals surface area contributed by atoms with Crippen molar-refractivity contribution in [2.75, 3.05) is 0 Å². The molecule has 0 N–H and O–H groups in total. The van der Waals surface area contributed by atoms with Gasteiger partial charge in [0.05, 0.1) is 0 Å². The second-order valence-corrected chi connectivity index (χ2v) is 5.79. The van der Waals surface area contributed by atoms with E-state index in [1.165, 1.54) is 20.8 Å². The lowest BCUT2D eigenvalue weighted by molar-refractivity contribution is -0.642. The zero-order valence-electron chi connectivity index (χ0n) is 11.7. The molecule has 20 heavy (non-hydrogen) atoms. The fourth-order valence-corrected chi connectivity index (χ4v) is 3.41. The number of aryl methyl sites for hydroxylation is 1. The van der Waals surface area contributed by atoms with Crippen LogP contribution >= 0.6 is 11.3 Å². The summed E-state index contributed by atoms with van der Waals surface area (Å²) in [6, 6.07) is 8.47. The second kappa shape index (κ2) is 6.10. The molecule has 104 valence electrons. The summed E-state index contributed by atoms with van der Waals surface area (Å²) in [5.41, 5.74) is 2.45. The van der Waals surface area contributed by atoms with Crippen molar-refractivity contribution in [2.24, 2.45) is 7.05 Å². The topological polar surface area (TPSA) is 13.1 Å². The Balaban J connectivity index is 0.00000147. The van der Waals surface area contributed by atoms with Crippen molar-refractivity contribution in [1.82, 2.24) is 0 Å². The number of aromatic nitrogens is 1. The largest absolute Gasteiger partial charge is 1.00 e. The van der Waals surface area contributed by atoms with E-state index in [0.29, 0.717) is 0 Å². The highest BCUT2D eigenvalue weighted by Gasteiger charge is 2.15. The first-order chi connectivity index (χ1) is 9.13. The summed E-state index contributed by atoms with van der Waals surface area (Å²) in [6.07, 6.45) is 6.34.